The minimum atomic E-state index is 0.0971. The van der Waals surface area contributed by atoms with E-state index in [1.807, 2.05) is 42.5 Å². The molecule has 116 valence electrons. The molecule has 0 aliphatic carbocycles. The molecule has 0 bridgehead atoms. The predicted octanol–water partition coefficient (Wildman–Crippen LogP) is 4.47. The summed E-state index contributed by atoms with van der Waals surface area (Å²) in [7, 11) is 0. The molecular formula is C19H23NO2. The Morgan fingerprint density at radius 3 is 2.45 bits per heavy atom. The summed E-state index contributed by atoms with van der Waals surface area (Å²) in [5.41, 5.74) is 2.97. The van der Waals surface area contributed by atoms with Gasteiger partial charge in [0.1, 0.15) is 5.75 Å². The molecule has 3 heteroatoms. The van der Waals surface area contributed by atoms with Crippen LogP contribution in [0.15, 0.2) is 48.5 Å². The van der Waals surface area contributed by atoms with E-state index in [0.717, 1.165) is 43.0 Å². The number of aryl methyl sites for hydroxylation is 1. The minimum absolute atomic E-state index is 0.0971. The number of unbranched alkanes of at least 4 members (excludes halogenated alkanes) is 1. The van der Waals surface area contributed by atoms with Crippen LogP contribution in [0, 0.1) is 6.92 Å². The van der Waals surface area contributed by atoms with Crippen LogP contribution in [0.1, 0.15) is 35.7 Å². The number of anilines is 1. The van der Waals surface area contributed by atoms with Gasteiger partial charge in [0.25, 0.3) is 0 Å². The topological polar surface area (TPSA) is 38.3 Å². The summed E-state index contributed by atoms with van der Waals surface area (Å²) in [6.45, 7) is 5.27. The van der Waals surface area contributed by atoms with E-state index < -0.39 is 0 Å². The number of carbonyl (C=O) groups is 1. The standard InChI is InChI=1S/C19H23NO2/c1-15-7-3-4-8-19(15)22-14-6-5-13-20-18-11-9-17(10-12-18)16(2)21/h3-4,7-12,20H,5-6,13-14H2,1-2H3. The lowest BCUT2D eigenvalue weighted by molar-refractivity contribution is 0.101. The van der Waals surface area contributed by atoms with Gasteiger partial charge in [0.05, 0.1) is 6.61 Å². The van der Waals surface area contributed by atoms with Gasteiger partial charge in [0.15, 0.2) is 5.78 Å². The van der Waals surface area contributed by atoms with Crippen LogP contribution in [0.5, 0.6) is 5.75 Å². The normalized spacial score (nSPS) is 10.3. The van der Waals surface area contributed by atoms with Gasteiger partial charge in [-0.05, 0) is 62.6 Å². The van der Waals surface area contributed by atoms with Crippen molar-refractivity contribution in [3.8, 4) is 5.75 Å². The number of hydrogen-bond donors (Lipinski definition) is 1. The smallest absolute Gasteiger partial charge is 0.159 e. The Morgan fingerprint density at radius 2 is 1.77 bits per heavy atom. The molecular weight excluding hydrogens is 274 g/mol. The Bertz CT molecular complexity index is 605. The van der Waals surface area contributed by atoms with E-state index in [4.69, 9.17) is 4.74 Å². The fourth-order valence-electron chi connectivity index (χ4n) is 2.18. The Hall–Kier alpha value is -2.29. The molecule has 0 radical (unpaired) electrons. The van der Waals surface area contributed by atoms with Crippen LogP contribution in [-0.2, 0) is 0 Å². The summed E-state index contributed by atoms with van der Waals surface area (Å²) in [6.07, 6.45) is 2.05. The lowest BCUT2D eigenvalue weighted by atomic mass is 10.1. The SMILES string of the molecule is CC(=O)c1ccc(NCCCCOc2ccccc2C)cc1. The number of para-hydroxylation sites is 1. The van der Waals surface area contributed by atoms with Crippen molar-refractivity contribution in [2.75, 3.05) is 18.5 Å². The van der Waals surface area contributed by atoms with Gasteiger partial charge >= 0.3 is 0 Å². The first-order valence-corrected chi connectivity index (χ1v) is 7.70. The average molecular weight is 297 g/mol. The molecule has 0 spiro atoms. The third-order valence-corrected chi connectivity index (χ3v) is 3.54. The second-order valence-corrected chi connectivity index (χ2v) is 5.38. The predicted molar refractivity (Wildman–Crippen MR) is 90.8 cm³/mol. The molecule has 0 atom stereocenters. The second-order valence-electron chi connectivity index (χ2n) is 5.38. The molecule has 1 N–H and O–H groups in total. The molecule has 0 amide bonds. The van der Waals surface area contributed by atoms with Crippen molar-refractivity contribution in [3.63, 3.8) is 0 Å². The van der Waals surface area contributed by atoms with Crippen LogP contribution in [-0.4, -0.2) is 18.9 Å². The molecule has 2 aromatic carbocycles. The number of ether oxygens (including phenoxy) is 1. The lowest BCUT2D eigenvalue weighted by Crippen LogP contribution is -2.05. The van der Waals surface area contributed by atoms with E-state index in [-0.39, 0.29) is 5.78 Å². The highest BCUT2D eigenvalue weighted by Crippen LogP contribution is 2.16. The van der Waals surface area contributed by atoms with E-state index in [1.165, 1.54) is 5.56 Å². The lowest BCUT2D eigenvalue weighted by Gasteiger charge is -2.09. The van der Waals surface area contributed by atoms with Crippen molar-refractivity contribution in [2.24, 2.45) is 0 Å². The van der Waals surface area contributed by atoms with Crippen LogP contribution < -0.4 is 10.1 Å². The highest BCUT2D eigenvalue weighted by atomic mass is 16.5. The Balaban J connectivity index is 1.63. The quantitative estimate of drug-likeness (QED) is 0.577. The molecule has 22 heavy (non-hydrogen) atoms. The van der Waals surface area contributed by atoms with E-state index in [2.05, 4.69) is 18.3 Å². The maximum Gasteiger partial charge on any atom is 0.159 e. The van der Waals surface area contributed by atoms with E-state index in [1.54, 1.807) is 6.92 Å². The van der Waals surface area contributed by atoms with Crippen LogP contribution in [0.4, 0.5) is 5.69 Å². The van der Waals surface area contributed by atoms with Gasteiger partial charge < -0.3 is 10.1 Å². The maximum atomic E-state index is 11.2. The van der Waals surface area contributed by atoms with Crippen molar-refractivity contribution < 1.29 is 9.53 Å². The zero-order valence-corrected chi connectivity index (χ0v) is 13.3. The van der Waals surface area contributed by atoms with Crippen LogP contribution in [0.3, 0.4) is 0 Å². The Morgan fingerprint density at radius 1 is 1.05 bits per heavy atom. The van der Waals surface area contributed by atoms with Gasteiger partial charge in [-0.15, -0.1) is 0 Å². The highest BCUT2D eigenvalue weighted by molar-refractivity contribution is 5.94. The number of carbonyl (C=O) groups excluding carboxylic acids is 1. The van der Waals surface area contributed by atoms with E-state index in [9.17, 15) is 4.79 Å². The van der Waals surface area contributed by atoms with Crippen molar-refractivity contribution >= 4 is 11.5 Å². The largest absolute Gasteiger partial charge is 0.493 e. The molecule has 0 saturated heterocycles. The summed E-state index contributed by atoms with van der Waals surface area (Å²) in [4.78, 5) is 11.2. The van der Waals surface area contributed by atoms with E-state index >= 15 is 0 Å². The summed E-state index contributed by atoms with van der Waals surface area (Å²) in [6, 6.07) is 15.7. The fourth-order valence-corrected chi connectivity index (χ4v) is 2.18. The van der Waals surface area contributed by atoms with Crippen LogP contribution in [0.25, 0.3) is 0 Å². The molecule has 2 rings (SSSR count). The number of rotatable bonds is 8. The first kappa shape index (κ1) is 16.1. The van der Waals surface area contributed by atoms with Gasteiger partial charge in [-0.3, -0.25) is 4.79 Å². The monoisotopic (exact) mass is 297 g/mol. The first-order valence-electron chi connectivity index (χ1n) is 7.70. The van der Waals surface area contributed by atoms with Crippen LogP contribution >= 0.6 is 0 Å². The highest BCUT2D eigenvalue weighted by Gasteiger charge is 1.99. The second kappa shape index (κ2) is 8.23. The van der Waals surface area contributed by atoms with Gasteiger partial charge in [-0.2, -0.15) is 0 Å². The zero-order valence-electron chi connectivity index (χ0n) is 13.3. The molecule has 0 aromatic heterocycles. The maximum absolute atomic E-state index is 11.2. The summed E-state index contributed by atoms with van der Waals surface area (Å²) in [5.74, 6) is 1.06. The van der Waals surface area contributed by atoms with Crippen molar-refractivity contribution in [1.29, 1.82) is 0 Å². The number of ketones is 1. The third-order valence-electron chi connectivity index (χ3n) is 3.54. The molecule has 0 aliphatic heterocycles. The Kier molecular flexibility index (Phi) is 6.01. The summed E-state index contributed by atoms with van der Waals surface area (Å²) in [5, 5.41) is 3.35. The van der Waals surface area contributed by atoms with Gasteiger partial charge in [0.2, 0.25) is 0 Å². The number of Topliss-reactive ketones (excluding diaryl/α,β-unsaturated/α-hetero) is 1. The first-order chi connectivity index (χ1) is 10.7. The van der Waals surface area contributed by atoms with Gasteiger partial charge in [-0.25, -0.2) is 0 Å². The molecule has 0 unspecified atom stereocenters. The van der Waals surface area contributed by atoms with Gasteiger partial charge in [0, 0.05) is 17.8 Å². The zero-order chi connectivity index (χ0) is 15.8. The number of benzene rings is 2. The van der Waals surface area contributed by atoms with Gasteiger partial charge in [-0.1, -0.05) is 18.2 Å². The average Bonchev–Trinajstić information content (AvgIpc) is 2.53. The minimum Gasteiger partial charge on any atom is -0.493 e. The van der Waals surface area contributed by atoms with E-state index in [0.29, 0.717) is 0 Å². The number of nitrogens with one attached hydrogen (secondary N) is 1. The number of hydrogen-bond acceptors (Lipinski definition) is 3. The molecule has 3 nitrogen and oxygen atoms in total. The molecule has 0 fully saturated rings. The fraction of sp³-hybridized carbons (Fsp3) is 0.316. The van der Waals surface area contributed by atoms with Crippen molar-refractivity contribution in [2.45, 2.75) is 26.7 Å². The molecule has 0 aliphatic rings. The van der Waals surface area contributed by atoms with Crippen molar-refractivity contribution in [3.05, 3.63) is 59.7 Å². The molecule has 0 saturated carbocycles. The summed E-state index contributed by atoms with van der Waals surface area (Å²) < 4.78 is 5.77. The Labute approximate surface area is 132 Å². The molecule has 2 aromatic rings. The van der Waals surface area contributed by atoms with Crippen LogP contribution in [0.2, 0.25) is 0 Å². The summed E-state index contributed by atoms with van der Waals surface area (Å²) >= 11 is 0. The third kappa shape index (κ3) is 4.92. The van der Waals surface area contributed by atoms with Crippen molar-refractivity contribution in [1.82, 2.24) is 0 Å². The molecule has 0 heterocycles.